The van der Waals surface area contributed by atoms with E-state index in [2.05, 4.69) is 18.7 Å². The SMILES string of the molecule is CC(C)CN1CCN(C(=O)c2cc(C(=O)O)co2)CC1. The van der Waals surface area contributed by atoms with Crippen LogP contribution in [0.25, 0.3) is 0 Å². The molecule has 6 nitrogen and oxygen atoms in total. The van der Waals surface area contributed by atoms with Gasteiger partial charge in [-0.2, -0.15) is 0 Å². The minimum Gasteiger partial charge on any atom is -0.478 e. The van der Waals surface area contributed by atoms with Crippen molar-refractivity contribution in [3.8, 4) is 0 Å². The molecule has 1 saturated heterocycles. The highest BCUT2D eigenvalue weighted by Gasteiger charge is 2.25. The fraction of sp³-hybridized carbons (Fsp3) is 0.571. The highest BCUT2D eigenvalue weighted by molar-refractivity contribution is 5.95. The lowest BCUT2D eigenvalue weighted by atomic mass is 10.2. The normalized spacial score (nSPS) is 16.6. The molecule has 0 aliphatic carbocycles. The van der Waals surface area contributed by atoms with Crippen molar-refractivity contribution in [3.63, 3.8) is 0 Å². The number of carboxylic acids is 1. The molecule has 0 aromatic carbocycles. The molecule has 1 aromatic heterocycles. The van der Waals surface area contributed by atoms with Gasteiger partial charge in [0, 0.05) is 38.8 Å². The fourth-order valence-electron chi connectivity index (χ4n) is 2.37. The Kier molecular flexibility index (Phi) is 4.44. The number of aromatic carboxylic acids is 1. The smallest absolute Gasteiger partial charge is 0.338 e. The van der Waals surface area contributed by atoms with Crippen LogP contribution >= 0.6 is 0 Å². The van der Waals surface area contributed by atoms with Crippen molar-refractivity contribution in [2.24, 2.45) is 5.92 Å². The van der Waals surface area contributed by atoms with E-state index in [1.165, 1.54) is 6.07 Å². The first-order valence-electron chi connectivity index (χ1n) is 6.81. The van der Waals surface area contributed by atoms with E-state index in [1.807, 2.05) is 0 Å². The first-order chi connectivity index (χ1) is 9.47. The zero-order valence-electron chi connectivity index (χ0n) is 11.8. The second-order valence-corrected chi connectivity index (χ2v) is 5.49. The molecule has 0 atom stereocenters. The minimum absolute atomic E-state index is 0.00629. The Hall–Kier alpha value is -1.82. The molecule has 0 saturated carbocycles. The molecule has 2 heterocycles. The summed E-state index contributed by atoms with van der Waals surface area (Å²) >= 11 is 0. The largest absolute Gasteiger partial charge is 0.478 e. The standard InChI is InChI=1S/C14H20N2O4/c1-10(2)8-15-3-5-16(6-4-15)13(17)12-7-11(9-20-12)14(18)19/h7,9-10H,3-6,8H2,1-2H3,(H,18,19). The summed E-state index contributed by atoms with van der Waals surface area (Å²) in [6.07, 6.45) is 1.10. The molecule has 6 heteroatoms. The molecule has 0 bridgehead atoms. The van der Waals surface area contributed by atoms with E-state index in [0.29, 0.717) is 19.0 Å². The molecule has 20 heavy (non-hydrogen) atoms. The average molecular weight is 280 g/mol. The maximum absolute atomic E-state index is 12.2. The van der Waals surface area contributed by atoms with Crippen molar-refractivity contribution < 1.29 is 19.1 Å². The van der Waals surface area contributed by atoms with Gasteiger partial charge in [0.25, 0.3) is 5.91 Å². The minimum atomic E-state index is -1.09. The number of amides is 1. The van der Waals surface area contributed by atoms with Crippen molar-refractivity contribution >= 4 is 11.9 Å². The van der Waals surface area contributed by atoms with Gasteiger partial charge in [0.05, 0.1) is 5.56 Å². The monoisotopic (exact) mass is 280 g/mol. The lowest BCUT2D eigenvalue weighted by Crippen LogP contribution is -2.49. The second-order valence-electron chi connectivity index (χ2n) is 5.49. The Bertz CT molecular complexity index is 487. The highest BCUT2D eigenvalue weighted by Crippen LogP contribution is 2.13. The molecule has 1 aromatic rings. The number of hydrogen-bond acceptors (Lipinski definition) is 4. The molecule has 1 N–H and O–H groups in total. The number of hydrogen-bond donors (Lipinski definition) is 1. The van der Waals surface area contributed by atoms with Crippen LogP contribution in [0.2, 0.25) is 0 Å². The van der Waals surface area contributed by atoms with Gasteiger partial charge in [-0.25, -0.2) is 4.79 Å². The Morgan fingerprint density at radius 3 is 2.45 bits per heavy atom. The van der Waals surface area contributed by atoms with Crippen molar-refractivity contribution in [1.29, 1.82) is 0 Å². The highest BCUT2D eigenvalue weighted by atomic mass is 16.4. The van der Waals surface area contributed by atoms with Crippen LogP contribution < -0.4 is 0 Å². The van der Waals surface area contributed by atoms with Gasteiger partial charge in [0.15, 0.2) is 5.76 Å². The number of carboxylic acid groups (broad SMARTS) is 1. The van der Waals surface area contributed by atoms with E-state index in [4.69, 9.17) is 9.52 Å². The van der Waals surface area contributed by atoms with Gasteiger partial charge in [0.1, 0.15) is 6.26 Å². The van der Waals surface area contributed by atoms with E-state index in [-0.39, 0.29) is 17.2 Å². The van der Waals surface area contributed by atoms with Crippen LogP contribution in [0.15, 0.2) is 16.7 Å². The van der Waals surface area contributed by atoms with Gasteiger partial charge in [-0.15, -0.1) is 0 Å². The molecule has 0 unspecified atom stereocenters. The summed E-state index contributed by atoms with van der Waals surface area (Å²) in [5.74, 6) is -0.614. The maximum atomic E-state index is 12.2. The van der Waals surface area contributed by atoms with Crippen LogP contribution in [0.3, 0.4) is 0 Å². The van der Waals surface area contributed by atoms with Gasteiger partial charge in [-0.1, -0.05) is 13.8 Å². The quantitative estimate of drug-likeness (QED) is 0.902. The summed E-state index contributed by atoms with van der Waals surface area (Å²) in [5, 5.41) is 8.82. The van der Waals surface area contributed by atoms with Crippen LogP contribution in [0.5, 0.6) is 0 Å². The van der Waals surface area contributed by atoms with E-state index >= 15 is 0 Å². The first kappa shape index (κ1) is 14.6. The molecule has 1 aliphatic heterocycles. The summed E-state index contributed by atoms with van der Waals surface area (Å²) in [4.78, 5) is 27.0. The number of nitrogens with zero attached hydrogens (tertiary/aromatic N) is 2. The summed E-state index contributed by atoms with van der Waals surface area (Å²) in [6.45, 7) is 8.36. The molecule has 1 amide bonds. The number of furan rings is 1. The van der Waals surface area contributed by atoms with Gasteiger partial charge in [0.2, 0.25) is 0 Å². The van der Waals surface area contributed by atoms with Crippen molar-refractivity contribution in [3.05, 3.63) is 23.7 Å². The van der Waals surface area contributed by atoms with Crippen molar-refractivity contribution in [2.75, 3.05) is 32.7 Å². The third-order valence-electron chi connectivity index (χ3n) is 3.34. The molecule has 2 rings (SSSR count). The molecule has 1 aliphatic rings. The van der Waals surface area contributed by atoms with Crippen LogP contribution in [0.4, 0.5) is 0 Å². The molecule has 0 spiro atoms. The third kappa shape index (κ3) is 3.39. The summed E-state index contributed by atoms with van der Waals surface area (Å²) in [6, 6.07) is 1.28. The molecule has 0 radical (unpaired) electrons. The zero-order chi connectivity index (χ0) is 14.7. The summed E-state index contributed by atoms with van der Waals surface area (Å²) in [5.41, 5.74) is 0.00629. The number of carbonyl (C=O) groups excluding carboxylic acids is 1. The van der Waals surface area contributed by atoms with Crippen LogP contribution in [0, 0.1) is 5.92 Å². The van der Waals surface area contributed by atoms with E-state index in [0.717, 1.165) is 25.9 Å². The lowest BCUT2D eigenvalue weighted by molar-refractivity contribution is 0.0593. The summed E-state index contributed by atoms with van der Waals surface area (Å²) in [7, 11) is 0. The third-order valence-corrected chi connectivity index (χ3v) is 3.34. The van der Waals surface area contributed by atoms with Crippen LogP contribution in [-0.2, 0) is 0 Å². The van der Waals surface area contributed by atoms with Gasteiger partial charge >= 0.3 is 5.97 Å². The first-order valence-corrected chi connectivity index (χ1v) is 6.81. The molecular weight excluding hydrogens is 260 g/mol. The second kappa shape index (κ2) is 6.09. The van der Waals surface area contributed by atoms with Crippen LogP contribution in [0.1, 0.15) is 34.8 Å². The van der Waals surface area contributed by atoms with Crippen molar-refractivity contribution in [1.82, 2.24) is 9.80 Å². The van der Waals surface area contributed by atoms with E-state index < -0.39 is 5.97 Å². The Balaban J connectivity index is 1.92. The number of rotatable bonds is 4. The van der Waals surface area contributed by atoms with Gasteiger partial charge < -0.3 is 14.4 Å². The number of piperazine rings is 1. The lowest BCUT2D eigenvalue weighted by Gasteiger charge is -2.35. The van der Waals surface area contributed by atoms with E-state index in [9.17, 15) is 9.59 Å². The predicted molar refractivity (Wildman–Crippen MR) is 72.8 cm³/mol. The fourth-order valence-corrected chi connectivity index (χ4v) is 2.37. The summed E-state index contributed by atoms with van der Waals surface area (Å²) < 4.78 is 5.05. The average Bonchev–Trinajstić information content (AvgIpc) is 2.88. The molecular formula is C14H20N2O4. The van der Waals surface area contributed by atoms with Gasteiger partial charge in [-0.05, 0) is 5.92 Å². The van der Waals surface area contributed by atoms with Crippen molar-refractivity contribution in [2.45, 2.75) is 13.8 Å². The zero-order valence-corrected chi connectivity index (χ0v) is 11.8. The Labute approximate surface area is 118 Å². The topological polar surface area (TPSA) is 74.0 Å². The predicted octanol–water partition coefficient (Wildman–Crippen LogP) is 1.39. The van der Waals surface area contributed by atoms with E-state index in [1.54, 1.807) is 4.90 Å². The molecule has 110 valence electrons. The van der Waals surface area contributed by atoms with Gasteiger partial charge in [-0.3, -0.25) is 9.69 Å². The Morgan fingerprint density at radius 1 is 1.30 bits per heavy atom. The van der Waals surface area contributed by atoms with Crippen LogP contribution in [-0.4, -0.2) is 59.5 Å². The maximum Gasteiger partial charge on any atom is 0.338 e. The molecule has 1 fully saturated rings. The number of carbonyl (C=O) groups is 2. The Morgan fingerprint density at radius 2 is 1.95 bits per heavy atom.